The molecule has 0 rings (SSSR count). The molecule has 0 bridgehead atoms. The van der Waals surface area contributed by atoms with Crippen molar-refractivity contribution >= 4 is 53.1 Å². The fourth-order valence-electron chi connectivity index (χ4n) is 0. The van der Waals surface area contributed by atoms with Crippen molar-refractivity contribution in [3.63, 3.8) is 0 Å². The summed E-state index contributed by atoms with van der Waals surface area (Å²) >= 11 is 0. The summed E-state index contributed by atoms with van der Waals surface area (Å²) in [4.78, 5) is 0. The van der Waals surface area contributed by atoms with E-state index in [0.29, 0.717) is 0 Å². The average Bonchev–Trinajstić information content (AvgIpc) is 1.52. The van der Waals surface area contributed by atoms with Crippen molar-refractivity contribution in [2.45, 2.75) is 0 Å². The van der Waals surface area contributed by atoms with Gasteiger partial charge in [0.1, 0.15) is 0 Å². The second-order valence-corrected chi connectivity index (χ2v) is 2.82. The Kier molecular flexibility index (Phi) is 19.4. The largest absolute Gasteiger partial charge is 2.00 e. The minimum absolute atomic E-state index is 0. The first-order valence-corrected chi connectivity index (χ1v) is 5.32. The Labute approximate surface area is 96.9 Å². The standard InChI is InChI=1S/Mg.2H2O4S.O2Si/c;2*1-5(2,3)4;1-3-2/h;2*(H2,1,2,3,4);/q+2;;;/p-2. The normalized spacial score (nSPS) is 8.86. The molecule has 0 saturated heterocycles. The summed E-state index contributed by atoms with van der Waals surface area (Å²) in [5, 5.41) is 0. The van der Waals surface area contributed by atoms with Crippen LogP contribution in [-0.2, 0) is 29.7 Å². The van der Waals surface area contributed by atoms with Crippen molar-refractivity contribution in [2.24, 2.45) is 0 Å². The quantitative estimate of drug-likeness (QED) is 0.262. The Morgan fingerprint density at radius 1 is 0.929 bits per heavy atom. The Hall–Kier alpha value is 0.323. The zero-order valence-corrected chi connectivity index (χ0v) is 10.2. The van der Waals surface area contributed by atoms with E-state index in [1.165, 1.54) is 0 Å². The molecule has 0 unspecified atom stereocenters. The van der Waals surface area contributed by atoms with Crippen LogP contribution >= 0.6 is 0 Å². The minimum Gasteiger partial charge on any atom is -0.759 e. The van der Waals surface area contributed by atoms with Crippen LogP contribution in [0, 0.1) is 0 Å². The maximum atomic E-state index is 8.74. The third-order valence-corrected chi connectivity index (χ3v) is 0. The van der Waals surface area contributed by atoms with Gasteiger partial charge in [-0.1, -0.05) is 0 Å². The molecule has 10 nitrogen and oxygen atoms in total. The van der Waals surface area contributed by atoms with Crippen molar-refractivity contribution in [2.75, 3.05) is 0 Å². The molecular weight excluding hydrogens is 277 g/mol. The van der Waals surface area contributed by atoms with E-state index >= 15 is 0 Å². The summed E-state index contributed by atoms with van der Waals surface area (Å²) in [6, 6.07) is 0. The second-order valence-electron chi connectivity index (χ2n) is 0.939. The Balaban J connectivity index is -0.0000000535. The van der Waals surface area contributed by atoms with Crippen molar-refractivity contribution in [1.82, 2.24) is 0 Å². The number of rotatable bonds is 0. The van der Waals surface area contributed by atoms with Crippen molar-refractivity contribution in [1.29, 1.82) is 0 Å². The second kappa shape index (κ2) is 11.4. The molecule has 2 N–H and O–H groups in total. The van der Waals surface area contributed by atoms with Gasteiger partial charge in [0.25, 0.3) is 0 Å². The summed E-state index contributed by atoms with van der Waals surface area (Å²) in [5.41, 5.74) is 0. The molecule has 0 heterocycles. The van der Waals surface area contributed by atoms with E-state index in [9.17, 15) is 0 Å². The number of hydrogen-bond acceptors (Lipinski definition) is 8. The molecule has 0 aliphatic heterocycles. The Morgan fingerprint density at radius 3 is 0.929 bits per heavy atom. The van der Waals surface area contributed by atoms with Crippen LogP contribution in [0.1, 0.15) is 0 Å². The fraction of sp³-hybridized carbons (Fsp3) is 0. The molecule has 0 atom stereocenters. The van der Waals surface area contributed by atoms with Crippen LogP contribution in [0.3, 0.4) is 0 Å². The summed E-state index contributed by atoms with van der Waals surface area (Å²) in [7, 11) is -11.2. The summed E-state index contributed by atoms with van der Waals surface area (Å²) in [5.74, 6) is 0. The topological polar surface area (TPSA) is 189 Å². The van der Waals surface area contributed by atoms with Gasteiger partial charge in [-0.2, -0.15) is 8.42 Å². The average molecular weight is 279 g/mol. The zero-order valence-electron chi connectivity index (χ0n) is 6.18. The van der Waals surface area contributed by atoms with E-state index in [4.69, 9.17) is 44.0 Å². The molecule has 80 valence electrons. The SMILES string of the molecule is O=S(=O)(O)O.O=S(=O)([O-])[O-].O=[Si]=O.[Mg+2]. The summed E-state index contributed by atoms with van der Waals surface area (Å²) in [6.45, 7) is 0. The van der Waals surface area contributed by atoms with Crippen LogP contribution in [0.25, 0.3) is 0 Å². The molecule has 0 saturated carbocycles. The molecule has 14 heavy (non-hydrogen) atoms. The van der Waals surface area contributed by atoms with E-state index in [1.54, 1.807) is 0 Å². The first kappa shape index (κ1) is 23.9. The molecule has 0 aliphatic rings. The first-order valence-electron chi connectivity index (χ1n) is 1.77. The van der Waals surface area contributed by atoms with E-state index in [0.717, 1.165) is 0 Å². The van der Waals surface area contributed by atoms with Crippen LogP contribution in [0.4, 0.5) is 0 Å². The molecule has 0 aromatic rings. The molecule has 0 radical (unpaired) electrons. The third kappa shape index (κ3) is 15100. The number of hydrogen-bond donors (Lipinski definition) is 2. The Morgan fingerprint density at radius 2 is 0.929 bits per heavy atom. The van der Waals surface area contributed by atoms with Gasteiger partial charge in [0.2, 0.25) is 0 Å². The summed E-state index contributed by atoms with van der Waals surface area (Å²) in [6.07, 6.45) is 0. The monoisotopic (exact) mass is 278 g/mol. The molecule has 0 fully saturated rings. The minimum atomic E-state index is -5.17. The van der Waals surface area contributed by atoms with E-state index < -0.39 is 30.1 Å². The molecular formula is H2MgO10S2Si. The maximum absolute atomic E-state index is 8.74. The van der Waals surface area contributed by atoms with Gasteiger partial charge in [0.05, 0.1) is 0 Å². The van der Waals surface area contributed by atoms with Crippen LogP contribution < -0.4 is 0 Å². The molecule has 0 aromatic heterocycles. The Bertz CT molecular complexity index is 282. The van der Waals surface area contributed by atoms with Crippen molar-refractivity contribution < 1.29 is 44.0 Å². The summed E-state index contributed by atoms with van der Waals surface area (Å²) < 4.78 is 82.5. The van der Waals surface area contributed by atoms with Crippen LogP contribution in [0.2, 0.25) is 0 Å². The molecule has 0 aliphatic carbocycles. The van der Waals surface area contributed by atoms with Crippen LogP contribution in [-0.4, -0.2) is 67.4 Å². The fourth-order valence-corrected chi connectivity index (χ4v) is 0. The smallest absolute Gasteiger partial charge is 0.759 e. The molecule has 0 spiro atoms. The maximum Gasteiger partial charge on any atom is 2.00 e. The van der Waals surface area contributed by atoms with Crippen molar-refractivity contribution in [3.8, 4) is 0 Å². The molecule has 14 heteroatoms. The van der Waals surface area contributed by atoms with E-state index in [2.05, 4.69) is 0 Å². The predicted molar refractivity (Wildman–Crippen MR) is 37.5 cm³/mol. The van der Waals surface area contributed by atoms with Crippen LogP contribution in [0.5, 0.6) is 0 Å². The third-order valence-electron chi connectivity index (χ3n) is 0. The van der Waals surface area contributed by atoms with Gasteiger partial charge < -0.3 is 9.11 Å². The van der Waals surface area contributed by atoms with Gasteiger partial charge in [0.15, 0.2) is 0 Å². The van der Waals surface area contributed by atoms with Crippen LogP contribution in [0.15, 0.2) is 0 Å². The van der Waals surface area contributed by atoms with Gasteiger partial charge >= 0.3 is 42.7 Å². The molecule has 0 aromatic carbocycles. The van der Waals surface area contributed by atoms with Gasteiger partial charge in [-0.25, -0.2) is 0 Å². The predicted octanol–water partition coefficient (Wildman–Crippen LogP) is -2.99. The molecule has 0 amide bonds. The zero-order chi connectivity index (χ0) is 11.7. The van der Waals surface area contributed by atoms with Crippen molar-refractivity contribution in [3.05, 3.63) is 0 Å². The van der Waals surface area contributed by atoms with Gasteiger partial charge in [0, 0.05) is 10.4 Å². The van der Waals surface area contributed by atoms with E-state index in [1.807, 2.05) is 0 Å². The first-order chi connectivity index (χ1) is 5.41. The van der Waals surface area contributed by atoms with Gasteiger partial charge in [-0.05, 0) is 0 Å². The van der Waals surface area contributed by atoms with Gasteiger partial charge in [-0.15, -0.1) is 0 Å². The van der Waals surface area contributed by atoms with E-state index in [-0.39, 0.29) is 23.1 Å². The van der Waals surface area contributed by atoms with Gasteiger partial charge in [-0.3, -0.25) is 26.4 Å².